The van der Waals surface area contributed by atoms with Crippen LogP contribution in [0.4, 0.5) is 18.4 Å². The third-order valence-electron chi connectivity index (χ3n) is 3.84. The van der Waals surface area contributed by atoms with E-state index in [-0.39, 0.29) is 11.6 Å². The molecule has 0 aliphatic carbocycles. The first kappa shape index (κ1) is 19.1. The van der Waals surface area contributed by atoms with Crippen molar-refractivity contribution >= 4 is 12.1 Å². The second kappa shape index (κ2) is 7.75. The number of aliphatic hydroxyl groups is 1. The largest absolute Gasteiger partial charge is 0.389 e. The predicted molar refractivity (Wildman–Crippen MR) is 86.8 cm³/mol. The summed E-state index contributed by atoms with van der Waals surface area (Å²) in [6.07, 6.45) is -4.72. The second-order valence-corrected chi connectivity index (χ2v) is 6.12. The molecule has 1 unspecified atom stereocenters. The normalized spacial score (nSPS) is 18.3. The summed E-state index contributed by atoms with van der Waals surface area (Å²) in [7, 11) is 0. The SMILES string of the molecule is CC(O)c1cccc([C@@H](NC2NC(=O)N(C(C)C)C(=O)N2)C(F)F)c1. The standard InChI is InChI=1S/C16H22F2N4O3/c1-8(2)22-15(24)20-14(21-16(22)25)19-12(13(17)18)11-6-4-5-10(7-11)9(3)23/h4-9,12-14,19,23H,1-3H3,(H,20,24)(H,21,25)/t9?,12-/m1/s1. The molecule has 4 amide bonds. The van der Waals surface area contributed by atoms with E-state index in [0.717, 1.165) is 4.90 Å². The highest BCUT2D eigenvalue weighted by molar-refractivity contribution is 5.96. The van der Waals surface area contributed by atoms with E-state index < -0.39 is 36.9 Å². The number of urea groups is 2. The molecule has 1 heterocycles. The van der Waals surface area contributed by atoms with Gasteiger partial charge >= 0.3 is 12.1 Å². The van der Waals surface area contributed by atoms with Crippen molar-refractivity contribution in [3.63, 3.8) is 0 Å². The highest BCUT2D eigenvalue weighted by Gasteiger charge is 2.35. The van der Waals surface area contributed by atoms with Gasteiger partial charge in [-0.2, -0.15) is 0 Å². The molecule has 2 atom stereocenters. The summed E-state index contributed by atoms with van der Waals surface area (Å²) in [4.78, 5) is 24.9. The zero-order chi connectivity index (χ0) is 18.7. The van der Waals surface area contributed by atoms with Gasteiger partial charge in [0.15, 0.2) is 6.29 Å². The van der Waals surface area contributed by atoms with Gasteiger partial charge in [0.2, 0.25) is 0 Å². The Bertz CT molecular complexity index is 622. The molecule has 7 nitrogen and oxygen atoms in total. The quantitative estimate of drug-likeness (QED) is 0.628. The summed E-state index contributed by atoms with van der Waals surface area (Å²) in [5, 5.41) is 17.0. The number of imide groups is 1. The zero-order valence-electron chi connectivity index (χ0n) is 14.2. The van der Waals surface area contributed by atoms with Crippen LogP contribution in [0.2, 0.25) is 0 Å². The van der Waals surface area contributed by atoms with Crippen LogP contribution in [0.3, 0.4) is 0 Å². The Morgan fingerprint density at radius 3 is 2.16 bits per heavy atom. The highest BCUT2D eigenvalue weighted by Crippen LogP contribution is 2.24. The van der Waals surface area contributed by atoms with E-state index in [9.17, 15) is 23.5 Å². The maximum atomic E-state index is 13.5. The maximum Gasteiger partial charge on any atom is 0.328 e. The Hall–Kier alpha value is -2.26. The summed E-state index contributed by atoms with van der Waals surface area (Å²) >= 11 is 0. The average Bonchev–Trinajstić information content (AvgIpc) is 2.51. The van der Waals surface area contributed by atoms with Gasteiger partial charge in [0.25, 0.3) is 6.43 Å². The van der Waals surface area contributed by atoms with Crippen LogP contribution in [0.15, 0.2) is 24.3 Å². The Balaban J connectivity index is 2.17. The van der Waals surface area contributed by atoms with Crippen LogP contribution < -0.4 is 16.0 Å². The van der Waals surface area contributed by atoms with Crippen LogP contribution in [0, 0.1) is 0 Å². The number of hydrogen-bond donors (Lipinski definition) is 4. The molecule has 0 saturated carbocycles. The fraction of sp³-hybridized carbons (Fsp3) is 0.500. The van der Waals surface area contributed by atoms with E-state index in [0.29, 0.717) is 5.56 Å². The number of halogens is 2. The van der Waals surface area contributed by atoms with Crippen LogP contribution in [0.25, 0.3) is 0 Å². The molecule has 0 bridgehead atoms. The second-order valence-electron chi connectivity index (χ2n) is 6.12. The van der Waals surface area contributed by atoms with Crippen molar-refractivity contribution in [1.82, 2.24) is 20.9 Å². The number of carbonyl (C=O) groups excluding carboxylic acids is 2. The van der Waals surface area contributed by atoms with Gasteiger partial charge in [0, 0.05) is 6.04 Å². The molecule has 0 spiro atoms. The van der Waals surface area contributed by atoms with Crippen molar-refractivity contribution in [1.29, 1.82) is 0 Å². The molecule has 25 heavy (non-hydrogen) atoms. The first-order valence-corrected chi connectivity index (χ1v) is 7.93. The van der Waals surface area contributed by atoms with Gasteiger partial charge in [-0.15, -0.1) is 0 Å². The van der Waals surface area contributed by atoms with Crippen LogP contribution in [0.1, 0.15) is 44.0 Å². The predicted octanol–water partition coefficient (Wildman–Crippen LogP) is 2.06. The number of nitrogens with one attached hydrogen (secondary N) is 3. The Labute approximate surface area is 144 Å². The first-order valence-electron chi connectivity index (χ1n) is 7.93. The lowest BCUT2D eigenvalue weighted by molar-refractivity contribution is 0.0804. The molecule has 0 radical (unpaired) electrons. The Morgan fingerprint density at radius 1 is 1.12 bits per heavy atom. The van der Waals surface area contributed by atoms with Crippen LogP contribution in [0.5, 0.6) is 0 Å². The molecule has 1 aromatic carbocycles. The Kier molecular flexibility index (Phi) is 5.91. The molecule has 4 N–H and O–H groups in total. The van der Waals surface area contributed by atoms with Gasteiger partial charge < -0.3 is 15.7 Å². The van der Waals surface area contributed by atoms with Crippen LogP contribution >= 0.6 is 0 Å². The topological polar surface area (TPSA) is 93.7 Å². The lowest BCUT2D eigenvalue weighted by Crippen LogP contribution is -2.69. The van der Waals surface area contributed by atoms with E-state index in [1.54, 1.807) is 26.0 Å². The molecule has 1 aromatic rings. The van der Waals surface area contributed by atoms with Crippen LogP contribution in [-0.2, 0) is 0 Å². The van der Waals surface area contributed by atoms with Crippen molar-refractivity contribution in [2.24, 2.45) is 0 Å². The number of rotatable bonds is 6. The average molecular weight is 356 g/mol. The number of amides is 4. The molecule has 1 aliphatic heterocycles. The Morgan fingerprint density at radius 2 is 1.68 bits per heavy atom. The summed E-state index contributed by atoms with van der Waals surface area (Å²) in [6.45, 7) is 4.86. The van der Waals surface area contributed by atoms with E-state index in [1.165, 1.54) is 19.1 Å². The zero-order valence-corrected chi connectivity index (χ0v) is 14.2. The number of nitrogens with zero attached hydrogens (tertiary/aromatic N) is 1. The summed E-state index contributed by atoms with van der Waals surface area (Å²) in [5.74, 6) is 0. The summed E-state index contributed by atoms with van der Waals surface area (Å²) in [5.41, 5.74) is 0.732. The third-order valence-corrected chi connectivity index (χ3v) is 3.84. The molecule has 1 fully saturated rings. The van der Waals surface area contributed by atoms with Crippen molar-refractivity contribution in [2.45, 2.75) is 51.7 Å². The van der Waals surface area contributed by atoms with Gasteiger partial charge in [-0.1, -0.05) is 24.3 Å². The van der Waals surface area contributed by atoms with Gasteiger partial charge in [-0.25, -0.2) is 23.3 Å². The van der Waals surface area contributed by atoms with Crippen molar-refractivity contribution in [3.05, 3.63) is 35.4 Å². The molecule has 138 valence electrons. The first-order chi connectivity index (χ1) is 11.7. The summed E-state index contributed by atoms with van der Waals surface area (Å²) < 4.78 is 27.0. The van der Waals surface area contributed by atoms with Crippen molar-refractivity contribution in [3.8, 4) is 0 Å². The molecule has 9 heteroatoms. The molecular weight excluding hydrogens is 334 g/mol. The third kappa shape index (κ3) is 4.43. The van der Waals surface area contributed by atoms with Gasteiger partial charge in [-0.05, 0) is 31.9 Å². The smallest absolute Gasteiger partial charge is 0.328 e. The molecule has 2 rings (SSSR count). The minimum Gasteiger partial charge on any atom is -0.389 e. The number of hydrogen-bond acceptors (Lipinski definition) is 4. The fourth-order valence-corrected chi connectivity index (χ4v) is 2.57. The summed E-state index contributed by atoms with van der Waals surface area (Å²) in [6, 6.07) is 3.01. The number of benzene rings is 1. The highest BCUT2D eigenvalue weighted by atomic mass is 19.3. The molecule has 1 aliphatic rings. The monoisotopic (exact) mass is 356 g/mol. The van der Waals surface area contributed by atoms with E-state index in [1.807, 2.05) is 0 Å². The lowest BCUT2D eigenvalue weighted by Gasteiger charge is -2.36. The van der Waals surface area contributed by atoms with Gasteiger partial charge in [0.05, 0.1) is 12.1 Å². The fourth-order valence-electron chi connectivity index (χ4n) is 2.57. The van der Waals surface area contributed by atoms with Gasteiger partial charge in [-0.3, -0.25) is 5.32 Å². The minimum atomic E-state index is -2.79. The van der Waals surface area contributed by atoms with Gasteiger partial charge in [0.1, 0.15) is 0 Å². The molecule has 1 saturated heterocycles. The van der Waals surface area contributed by atoms with Crippen molar-refractivity contribution < 1.29 is 23.5 Å². The van der Waals surface area contributed by atoms with E-state index in [2.05, 4.69) is 16.0 Å². The maximum absolute atomic E-state index is 13.5. The molecule has 0 aromatic heterocycles. The minimum absolute atomic E-state index is 0.239. The van der Waals surface area contributed by atoms with E-state index >= 15 is 0 Å². The number of aliphatic hydroxyl groups excluding tert-OH is 1. The number of carbonyl (C=O) groups is 2. The van der Waals surface area contributed by atoms with Crippen LogP contribution in [-0.4, -0.2) is 40.8 Å². The number of alkyl halides is 2. The van der Waals surface area contributed by atoms with E-state index in [4.69, 9.17) is 0 Å². The van der Waals surface area contributed by atoms with Crippen molar-refractivity contribution in [2.75, 3.05) is 0 Å². The molecular formula is C16H22F2N4O3. The lowest BCUT2D eigenvalue weighted by atomic mass is 10.0.